The molecule has 0 radical (unpaired) electrons. The lowest BCUT2D eigenvalue weighted by atomic mass is 10.3. The highest BCUT2D eigenvalue weighted by Gasteiger charge is 2.02. The van der Waals surface area contributed by atoms with Crippen molar-refractivity contribution >= 4 is 17.4 Å². The van der Waals surface area contributed by atoms with Gasteiger partial charge in [-0.3, -0.25) is 4.68 Å². The van der Waals surface area contributed by atoms with E-state index in [1.165, 1.54) is 17.8 Å². The lowest BCUT2D eigenvalue weighted by molar-refractivity contribution is 0.602. The molecule has 3 nitrogen and oxygen atoms in total. The van der Waals surface area contributed by atoms with Crippen molar-refractivity contribution in [3.05, 3.63) is 42.5 Å². The van der Waals surface area contributed by atoms with Crippen LogP contribution < -0.4 is 5.73 Å². The highest BCUT2D eigenvalue weighted by molar-refractivity contribution is 7.99. The maximum Gasteiger partial charge on any atom is 0.138 e. The smallest absolute Gasteiger partial charge is 0.138 e. The predicted molar refractivity (Wildman–Crippen MR) is 63.8 cm³/mol. The molecule has 84 valence electrons. The number of aryl methyl sites for hydroxylation is 1. The molecule has 0 amide bonds. The number of benzene rings is 1. The number of thioether (sulfide) groups is 1. The summed E-state index contributed by atoms with van der Waals surface area (Å²) in [6, 6.07) is 6.63. The van der Waals surface area contributed by atoms with E-state index in [0.717, 1.165) is 12.3 Å². The Balaban J connectivity index is 1.90. The fourth-order valence-electron chi connectivity index (χ4n) is 1.32. The normalized spacial score (nSPS) is 10.6. The van der Waals surface area contributed by atoms with E-state index in [4.69, 9.17) is 5.73 Å². The van der Waals surface area contributed by atoms with Gasteiger partial charge >= 0.3 is 0 Å². The Bertz CT molecular complexity index is 456. The maximum atomic E-state index is 13.4. The quantitative estimate of drug-likeness (QED) is 0.656. The van der Waals surface area contributed by atoms with Crippen LogP contribution in [0.5, 0.6) is 0 Å². The van der Waals surface area contributed by atoms with Crippen LogP contribution in [0.1, 0.15) is 0 Å². The number of halogens is 1. The molecule has 2 aromatic rings. The standard InChI is InChI=1S/C11H12FN3S/c12-10-8-9(13)2-3-11(10)16-7-6-15-5-1-4-14-15/h1-5,8H,6-7,13H2. The van der Waals surface area contributed by atoms with E-state index in [-0.39, 0.29) is 5.82 Å². The van der Waals surface area contributed by atoms with E-state index in [0.29, 0.717) is 10.6 Å². The van der Waals surface area contributed by atoms with Gasteiger partial charge in [0.05, 0.1) is 6.54 Å². The third-order valence-electron chi connectivity index (χ3n) is 2.09. The summed E-state index contributed by atoms with van der Waals surface area (Å²) in [5.74, 6) is 0.521. The lowest BCUT2D eigenvalue weighted by Crippen LogP contribution is -2.00. The Morgan fingerprint density at radius 3 is 3.00 bits per heavy atom. The van der Waals surface area contributed by atoms with Gasteiger partial charge in [-0.15, -0.1) is 11.8 Å². The summed E-state index contributed by atoms with van der Waals surface area (Å²) >= 11 is 1.46. The minimum atomic E-state index is -0.259. The minimum Gasteiger partial charge on any atom is -0.399 e. The summed E-state index contributed by atoms with van der Waals surface area (Å²) < 4.78 is 15.2. The van der Waals surface area contributed by atoms with Gasteiger partial charge in [0.1, 0.15) is 5.82 Å². The van der Waals surface area contributed by atoms with Crippen LogP contribution in [0.4, 0.5) is 10.1 Å². The van der Waals surface area contributed by atoms with Gasteiger partial charge < -0.3 is 5.73 Å². The third kappa shape index (κ3) is 2.76. The monoisotopic (exact) mass is 237 g/mol. The molecular formula is C11H12FN3S. The Kier molecular flexibility index (Phi) is 3.46. The number of anilines is 1. The van der Waals surface area contributed by atoms with Crippen LogP contribution in [0, 0.1) is 5.82 Å². The molecule has 2 rings (SSSR count). The molecule has 0 aliphatic rings. The number of nitrogen functional groups attached to an aromatic ring is 1. The Morgan fingerprint density at radius 1 is 1.44 bits per heavy atom. The largest absolute Gasteiger partial charge is 0.399 e. The second kappa shape index (κ2) is 5.03. The van der Waals surface area contributed by atoms with Gasteiger partial charge in [0.15, 0.2) is 0 Å². The van der Waals surface area contributed by atoms with Crippen LogP contribution in [0.2, 0.25) is 0 Å². The zero-order valence-corrected chi connectivity index (χ0v) is 9.45. The van der Waals surface area contributed by atoms with Crippen LogP contribution in [0.15, 0.2) is 41.6 Å². The van der Waals surface area contributed by atoms with E-state index < -0.39 is 0 Å². The van der Waals surface area contributed by atoms with Crippen LogP contribution in [-0.2, 0) is 6.54 Å². The number of aromatic nitrogens is 2. The molecule has 1 aromatic heterocycles. The fourth-order valence-corrected chi connectivity index (χ4v) is 2.18. The number of nitrogens with zero attached hydrogens (tertiary/aromatic N) is 2. The van der Waals surface area contributed by atoms with Crippen molar-refractivity contribution in [2.24, 2.45) is 0 Å². The zero-order valence-electron chi connectivity index (χ0n) is 8.64. The van der Waals surface area contributed by atoms with Gasteiger partial charge in [0.25, 0.3) is 0 Å². The molecule has 2 N–H and O–H groups in total. The van der Waals surface area contributed by atoms with Crippen LogP contribution in [0.25, 0.3) is 0 Å². The molecule has 16 heavy (non-hydrogen) atoms. The SMILES string of the molecule is Nc1ccc(SCCn2cccn2)c(F)c1. The molecule has 0 saturated carbocycles. The van der Waals surface area contributed by atoms with Crippen LogP contribution >= 0.6 is 11.8 Å². The highest BCUT2D eigenvalue weighted by Crippen LogP contribution is 2.23. The van der Waals surface area contributed by atoms with Gasteiger partial charge in [-0.2, -0.15) is 5.10 Å². The second-order valence-electron chi connectivity index (χ2n) is 3.31. The van der Waals surface area contributed by atoms with Crippen molar-refractivity contribution in [1.82, 2.24) is 9.78 Å². The van der Waals surface area contributed by atoms with Crippen molar-refractivity contribution < 1.29 is 4.39 Å². The molecule has 0 bridgehead atoms. The number of rotatable bonds is 4. The van der Waals surface area contributed by atoms with E-state index in [1.807, 2.05) is 16.9 Å². The Labute approximate surface area is 97.5 Å². The third-order valence-corrected chi connectivity index (χ3v) is 3.12. The molecule has 0 unspecified atom stereocenters. The van der Waals surface area contributed by atoms with Crippen molar-refractivity contribution in [1.29, 1.82) is 0 Å². The van der Waals surface area contributed by atoms with E-state index in [2.05, 4.69) is 5.10 Å². The van der Waals surface area contributed by atoms with Crippen molar-refractivity contribution in [2.75, 3.05) is 11.5 Å². The molecule has 0 fully saturated rings. The van der Waals surface area contributed by atoms with Gasteiger partial charge in [-0.25, -0.2) is 4.39 Å². The lowest BCUT2D eigenvalue weighted by Gasteiger charge is -2.04. The summed E-state index contributed by atoms with van der Waals surface area (Å²) in [5, 5.41) is 4.07. The van der Waals surface area contributed by atoms with Gasteiger partial charge in [0, 0.05) is 28.7 Å². The Morgan fingerprint density at radius 2 is 2.31 bits per heavy atom. The first kappa shape index (κ1) is 11.0. The van der Waals surface area contributed by atoms with E-state index in [1.54, 1.807) is 18.3 Å². The molecule has 0 aliphatic heterocycles. The summed E-state index contributed by atoms with van der Waals surface area (Å²) in [6.07, 6.45) is 3.62. The maximum absolute atomic E-state index is 13.4. The van der Waals surface area contributed by atoms with Gasteiger partial charge in [0.2, 0.25) is 0 Å². The molecule has 0 atom stereocenters. The summed E-state index contributed by atoms with van der Waals surface area (Å²) in [6.45, 7) is 0.765. The molecule has 0 aliphatic carbocycles. The van der Waals surface area contributed by atoms with Gasteiger partial charge in [-0.1, -0.05) is 0 Å². The van der Waals surface area contributed by atoms with Crippen LogP contribution in [-0.4, -0.2) is 15.5 Å². The average molecular weight is 237 g/mol. The second-order valence-corrected chi connectivity index (χ2v) is 4.44. The predicted octanol–water partition coefficient (Wildman–Crippen LogP) is 2.40. The number of hydrogen-bond acceptors (Lipinski definition) is 3. The average Bonchev–Trinajstić information content (AvgIpc) is 2.74. The van der Waals surface area contributed by atoms with Crippen LogP contribution in [0.3, 0.4) is 0 Å². The minimum absolute atomic E-state index is 0.259. The van der Waals surface area contributed by atoms with Crippen molar-refractivity contribution in [3.63, 3.8) is 0 Å². The molecule has 5 heteroatoms. The first-order chi connectivity index (χ1) is 7.75. The Hall–Kier alpha value is -1.49. The number of hydrogen-bond donors (Lipinski definition) is 1. The molecular weight excluding hydrogens is 225 g/mol. The summed E-state index contributed by atoms with van der Waals surface area (Å²) in [5.41, 5.74) is 5.92. The van der Waals surface area contributed by atoms with Crippen molar-refractivity contribution in [3.8, 4) is 0 Å². The first-order valence-corrected chi connectivity index (χ1v) is 5.89. The zero-order chi connectivity index (χ0) is 11.4. The number of nitrogens with two attached hydrogens (primary N) is 1. The molecule has 1 heterocycles. The summed E-state index contributed by atoms with van der Waals surface area (Å²) in [4.78, 5) is 0.626. The topological polar surface area (TPSA) is 43.8 Å². The highest BCUT2D eigenvalue weighted by atomic mass is 32.2. The molecule has 1 aromatic carbocycles. The first-order valence-electron chi connectivity index (χ1n) is 4.91. The van der Waals surface area contributed by atoms with E-state index in [9.17, 15) is 4.39 Å². The fraction of sp³-hybridized carbons (Fsp3) is 0.182. The summed E-state index contributed by atoms with van der Waals surface area (Å²) in [7, 11) is 0. The van der Waals surface area contributed by atoms with Gasteiger partial charge in [-0.05, 0) is 24.3 Å². The van der Waals surface area contributed by atoms with Crippen molar-refractivity contribution in [2.45, 2.75) is 11.4 Å². The molecule has 0 spiro atoms. The van der Waals surface area contributed by atoms with E-state index >= 15 is 0 Å². The molecule has 0 saturated heterocycles.